The van der Waals surface area contributed by atoms with E-state index in [1.54, 1.807) is 11.3 Å². The number of carbonyl (C=O) groups excluding carboxylic acids is 2. The van der Waals surface area contributed by atoms with E-state index in [2.05, 4.69) is 26.1 Å². The second-order valence-corrected chi connectivity index (χ2v) is 9.16. The van der Waals surface area contributed by atoms with Crippen LogP contribution in [0.25, 0.3) is 11.1 Å². The smallest absolute Gasteiger partial charge is 0.276 e. The number of nitrogens with one attached hydrogen (secondary N) is 2. The number of benzene rings is 2. The van der Waals surface area contributed by atoms with Gasteiger partial charge in [0.25, 0.3) is 5.91 Å². The van der Waals surface area contributed by atoms with Gasteiger partial charge in [0.05, 0.1) is 10.7 Å². The predicted molar refractivity (Wildman–Crippen MR) is 129 cm³/mol. The van der Waals surface area contributed by atoms with E-state index in [0.717, 1.165) is 54.3 Å². The molecule has 1 fully saturated rings. The van der Waals surface area contributed by atoms with Crippen molar-refractivity contribution in [2.24, 2.45) is 5.92 Å². The summed E-state index contributed by atoms with van der Waals surface area (Å²) in [6.07, 6.45) is 1.51. The molecule has 2 N–H and O–H groups in total. The number of carbonyl (C=O) groups is 2. The van der Waals surface area contributed by atoms with Crippen LogP contribution in [0.1, 0.15) is 23.5 Å². The van der Waals surface area contributed by atoms with E-state index < -0.39 is 5.91 Å². The number of thiazole rings is 1. The number of para-hydroxylation sites is 1. The summed E-state index contributed by atoms with van der Waals surface area (Å²) in [5.41, 5.74) is 8.04. The highest BCUT2D eigenvalue weighted by Crippen LogP contribution is 2.29. The van der Waals surface area contributed by atoms with Crippen molar-refractivity contribution in [2.75, 3.05) is 19.7 Å². The number of hydrogen-bond donors (Lipinski definition) is 2. The molecule has 33 heavy (non-hydrogen) atoms. The monoisotopic (exact) mass is 464 g/mol. The van der Waals surface area contributed by atoms with E-state index in [1.165, 1.54) is 0 Å². The molecule has 2 heterocycles. The highest BCUT2D eigenvalue weighted by atomic mass is 32.1. The molecule has 1 aromatic heterocycles. The van der Waals surface area contributed by atoms with Gasteiger partial charge in [-0.3, -0.25) is 25.3 Å². The van der Waals surface area contributed by atoms with Crippen LogP contribution in [0, 0.1) is 12.8 Å². The van der Waals surface area contributed by atoms with Crippen LogP contribution >= 0.6 is 11.3 Å². The van der Waals surface area contributed by atoms with Gasteiger partial charge in [-0.1, -0.05) is 48.5 Å². The van der Waals surface area contributed by atoms with Gasteiger partial charge in [-0.05, 0) is 44.5 Å². The van der Waals surface area contributed by atoms with E-state index in [-0.39, 0.29) is 18.4 Å². The molecule has 2 amide bonds. The van der Waals surface area contributed by atoms with Crippen LogP contribution in [0.3, 0.4) is 0 Å². The minimum absolute atomic E-state index is 0.113. The molecule has 172 valence electrons. The largest absolute Gasteiger partial charge is 0.483 e. The van der Waals surface area contributed by atoms with E-state index >= 15 is 0 Å². The number of hydrogen-bond acceptors (Lipinski definition) is 6. The average molecular weight is 465 g/mol. The van der Waals surface area contributed by atoms with E-state index in [0.29, 0.717) is 5.75 Å². The summed E-state index contributed by atoms with van der Waals surface area (Å²) in [4.78, 5) is 31.6. The van der Waals surface area contributed by atoms with Crippen LogP contribution in [0.4, 0.5) is 0 Å². The molecule has 1 saturated heterocycles. The SMILES string of the molecule is Cc1nc(CN2CCC(C(=O)NNC(=O)COc3ccccc3-c3ccccc3)CC2)cs1. The summed E-state index contributed by atoms with van der Waals surface area (Å²) >= 11 is 1.66. The summed E-state index contributed by atoms with van der Waals surface area (Å²) in [6, 6.07) is 17.4. The van der Waals surface area contributed by atoms with Crippen LogP contribution in [-0.4, -0.2) is 41.4 Å². The van der Waals surface area contributed by atoms with Gasteiger partial charge >= 0.3 is 0 Å². The molecule has 0 atom stereocenters. The molecule has 1 aliphatic rings. The lowest BCUT2D eigenvalue weighted by Gasteiger charge is -2.30. The van der Waals surface area contributed by atoms with Crippen LogP contribution in [0.5, 0.6) is 5.75 Å². The quantitative estimate of drug-likeness (QED) is 0.523. The summed E-state index contributed by atoms with van der Waals surface area (Å²) in [7, 11) is 0. The van der Waals surface area contributed by atoms with Crippen molar-refractivity contribution >= 4 is 23.2 Å². The number of nitrogens with zero attached hydrogens (tertiary/aromatic N) is 2. The summed E-state index contributed by atoms with van der Waals surface area (Å²) < 4.78 is 5.73. The maximum absolute atomic E-state index is 12.5. The van der Waals surface area contributed by atoms with E-state index in [4.69, 9.17) is 4.74 Å². The second kappa shape index (κ2) is 11.1. The molecule has 3 aromatic rings. The Morgan fingerprint density at radius 3 is 2.52 bits per heavy atom. The zero-order chi connectivity index (χ0) is 23.0. The van der Waals surface area contributed by atoms with Crippen molar-refractivity contribution in [1.82, 2.24) is 20.7 Å². The first-order chi connectivity index (χ1) is 16.1. The molecule has 7 nitrogen and oxygen atoms in total. The van der Waals surface area contributed by atoms with Crippen molar-refractivity contribution < 1.29 is 14.3 Å². The molecular weight excluding hydrogens is 436 g/mol. The van der Waals surface area contributed by atoms with Gasteiger partial charge in [-0.2, -0.15) is 0 Å². The highest BCUT2D eigenvalue weighted by molar-refractivity contribution is 7.09. The van der Waals surface area contributed by atoms with Crippen LogP contribution in [-0.2, 0) is 16.1 Å². The first-order valence-corrected chi connectivity index (χ1v) is 12.0. The number of aromatic nitrogens is 1. The minimum atomic E-state index is -0.400. The van der Waals surface area contributed by atoms with Gasteiger partial charge < -0.3 is 4.74 Å². The fraction of sp³-hybridized carbons (Fsp3) is 0.320. The van der Waals surface area contributed by atoms with Crippen molar-refractivity contribution in [3.05, 3.63) is 70.7 Å². The number of ether oxygens (including phenoxy) is 1. The second-order valence-electron chi connectivity index (χ2n) is 8.10. The predicted octanol–water partition coefficient (Wildman–Crippen LogP) is 3.56. The minimum Gasteiger partial charge on any atom is -0.483 e. The maximum Gasteiger partial charge on any atom is 0.276 e. The van der Waals surface area contributed by atoms with Crippen LogP contribution in [0.15, 0.2) is 60.0 Å². The lowest BCUT2D eigenvalue weighted by Crippen LogP contribution is -2.48. The van der Waals surface area contributed by atoms with E-state index in [9.17, 15) is 9.59 Å². The molecule has 0 aliphatic carbocycles. The van der Waals surface area contributed by atoms with Gasteiger partial charge in [0.2, 0.25) is 5.91 Å². The summed E-state index contributed by atoms with van der Waals surface area (Å²) in [5, 5.41) is 3.16. The molecule has 0 radical (unpaired) electrons. The molecule has 2 aromatic carbocycles. The average Bonchev–Trinajstić information content (AvgIpc) is 3.26. The van der Waals surface area contributed by atoms with Gasteiger partial charge in [-0.15, -0.1) is 11.3 Å². The van der Waals surface area contributed by atoms with Gasteiger partial charge in [0.15, 0.2) is 6.61 Å². The Morgan fingerprint density at radius 1 is 1.06 bits per heavy atom. The van der Waals surface area contributed by atoms with Crippen molar-refractivity contribution in [3.8, 4) is 16.9 Å². The zero-order valence-electron chi connectivity index (χ0n) is 18.6. The first-order valence-electron chi connectivity index (χ1n) is 11.1. The number of aryl methyl sites for hydroxylation is 1. The Hall–Kier alpha value is -3.23. The van der Waals surface area contributed by atoms with Gasteiger partial charge in [0, 0.05) is 23.4 Å². The fourth-order valence-electron chi connectivity index (χ4n) is 3.92. The fourth-order valence-corrected chi connectivity index (χ4v) is 4.53. The standard InChI is InChI=1S/C25H28N4O3S/c1-18-26-21(17-33-18)15-29-13-11-20(12-14-29)25(31)28-27-24(30)16-32-23-10-6-5-9-22(23)19-7-3-2-4-8-19/h2-10,17,20H,11-16H2,1H3,(H,27,30)(H,28,31). The molecule has 0 bridgehead atoms. The third kappa shape index (κ3) is 6.40. The Labute approximate surface area is 197 Å². The maximum atomic E-state index is 12.5. The first kappa shape index (κ1) is 22.9. The lowest BCUT2D eigenvalue weighted by atomic mass is 9.96. The van der Waals surface area contributed by atoms with Gasteiger partial charge in [-0.25, -0.2) is 4.98 Å². The highest BCUT2D eigenvalue weighted by Gasteiger charge is 2.25. The molecule has 0 saturated carbocycles. The third-order valence-electron chi connectivity index (χ3n) is 5.67. The Bertz CT molecular complexity index is 1080. The van der Waals surface area contributed by atoms with Crippen molar-refractivity contribution in [2.45, 2.75) is 26.3 Å². The third-order valence-corrected chi connectivity index (χ3v) is 6.49. The van der Waals surface area contributed by atoms with Crippen LogP contribution in [0.2, 0.25) is 0 Å². The molecule has 8 heteroatoms. The Morgan fingerprint density at radius 2 is 1.79 bits per heavy atom. The summed E-state index contributed by atoms with van der Waals surface area (Å²) in [6.45, 7) is 4.31. The Balaban J connectivity index is 1.20. The normalized spacial score (nSPS) is 14.6. The number of likely N-dealkylation sites (tertiary alicyclic amines) is 1. The number of piperidine rings is 1. The molecule has 0 unspecified atom stereocenters. The van der Waals surface area contributed by atoms with Crippen molar-refractivity contribution in [1.29, 1.82) is 0 Å². The summed E-state index contributed by atoms with van der Waals surface area (Å²) in [5.74, 6) is -0.0500. The Kier molecular flexibility index (Phi) is 7.70. The zero-order valence-corrected chi connectivity index (χ0v) is 19.4. The van der Waals surface area contributed by atoms with Crippen LogP contribution < -0.4 is 15.6 Å². The lowest BCUT2D eigenvalue weighted by molar-refractivity contribution is -0.133. The number of hydrazine groups is 1. The molecule has 1 aliphatic heterocycles. The topological polar surface area (TPSA) is 83.6 Å². The number of rotatable bonds is 7. The van der Waals surface area contributed by atoms with E-state index in [1.807, 2.05) is 61.5 Å². The molecular formula is C25H28N4O3S. The molecule has 4 rings (SSSR count). The molecule has 0 spiro atoms. The number of amides is 2. The van der Waals surface area contributed by atoms with Gasteiger partial charge in [0.1, 0.15) is 5.75 Å². The van der Waals surface area contributed by atoms with Crippen molar-refractivity contribution in [3.63, 3.8) is 0 Å².